The molecule has 1 heterocycles. The second kappa shape index (κ2) is 5.72. The van der Waals surface area contributed by atoms with E-state index in [-0.39, 0.29) is 21.8 Å². The maximum absolute atomic E-state index is 12.7. The van der Waals surface area contributed by atoms with Crippen LogP contribution >= 0.6 is 0 Å². The van der Waals surface area contributed by atoms with E-state index in [0.29, 0.717) is 5.69 Å². The maximum atomic E-state index is 12.7. The van der Waals surface area contributed by atoms with E-state index < -0.39 is 11.8 Å². The third-order valence-corrected chi connectivity index (χ3v) is 3.31. The van der Waals surface area contributed by atoms with Crippen molar-refractivity contribution in [3.05, 3.63) is 82.8 Å². The molecule has 114 valence electrons. The Morgan fingerprint density at radius 1 is 1.00 bits per heavy atom. The number of rotatable bonds is 4. The number of ketones is 1. The van der Waals surface area contributed by atoms with Gasteiger partial charge in [-0.3, -0.25) is 4.79 Å². The molecular formula is C16H11N3O4. The van der Waals surface area contributed by atoms with Crippen molar-refractivity contribution < 1.29 is 19.7 Å². The van der Waals surface area contributed by atoms with Crippen LogP contribution in [-0.2, 0) is 0 Å². The van der Waals surface area contributed by atoms with Crippen LogP contribution in [0, 0.1) is 5.21 Å². The Hall–Kier alpha value is -3.48. The molecular weight excluding hydrogens is 298 g/mol. The molecule has 0 aliphatic rings. The van der Waals surface area contributed by atoms with Gasteiger partial charge in [0.05, 0.1) is 5.56 Å². The van der Waals surface area contributed by atoms with E-state index in [1.54, 1.807) is 36.4 Å². The van der Waals surface area contributed by atoms with Gasteiger partial charge in [0.2, 0.25) is 5.78 Å². The highest BCUT2D eigenvalue weighted by Crippen LogP contribution is 2.16. The van der Waals surface area contributed by atoms with Crippen LogP contribution in [0.5, 0.6) is 0 Å². The SMILES string of the molecule is O=C(O)c1ccccc1C(=O)c1cn[n+]([O-])n1-c1ccccc1. The van der Waals surface area contributed by atoms with Gasteiger partial charge < -0.3 is 10.3 Å². The number of aromatic nitrogens is 3. The highest BCUT2D eigenvalue weighted by Gasteiger charge is 2.25. The Bertz CT molecular complexity index is 887. The smallest absolute Gasteiger partial charge is 0.336 e. The summed E-state index contributed by atoms with van der Waals surface area (Å²) in [5.41, 5.74) is 0.310. The molecule has 0 amide bonds. The molecule has 0 atom stereocenters. The maximum Gasteiger partial charge on any atom is 0.336 e. The highest BCUT2D eigenvalue weighted by molar-refractivity contribution is 6.13. The van der Waals surface area contributed by atoms with Gasteiger partial charge in [0, 0.05) is 15.6 Å². The van der Waals surface area contributed by atoms with Crippen molar-refractivity contribution in [2.24, 2.45) is 0 Å². The predicted octanol–water partition coefficient (Wildman–Crippen LogP) is 1.43. The first kappa shape index (κ1) is 14.5. The van der Waals surface area contributed by atoms with E-state index in [1.807, 2.05) is 0 Å². The molecule has 0 unspecified atom stereocenters. The van der Waals surface area contributed by atoms with Gasteiger partial charge in [-0.15, -0.1) is 0 Å². The van der Waals surface area contributed by atoms with Crippen LogP contribution < -0.4 is 4.96 Å². The number of nitrogens with zero attached hydrogens (tertiary/aromatic N) is 3. The zero-order valence-electron chi connectivity index (χ0n) is 11.8. The van der Waals surface area contributed by atoms with E-state index in [4.69, 9.17) is 0 Å². The van der Waals surface area contributed by atoms with Crippen molar-refractivity contribution in [3.63, 3.8) is 0 Å². The molecule has 0 saturated heterocycles. The molecule has 23 heavy (non-hydrogen) atoms. The van der Waals surface area contributed by atoms with Crippen LogP contribution in [0.15, 0.2) is 60.8 Å². The molecule has 0 saturated carbocycles. The third-order valence-electron chi connectivity index (χ3n) is 3.31. The second-order valence-corrected chi connectivity index (χ2v) is 4.71. The van der Waals surface area contributed by atoms with Crippen LogP contribution in [0.1, 0.15) is 26.4 Å². The molecule has 7 nitrogen and oxygen atoms in total. The fourth-order valence-corrected chi connectivity index (χ4v) is 2.27. The molecule has 2 aromatic carbocycles. The number of carboxylic acids is 1. The Labute approximate surface area is 130 Å². The van der Waals surface area contributed by atoms with Gasteiger partial charge in [-0.2, -0.15) is 0 Å². The topological polar surface area (TPSA) is 99.1 Å². The lowest BCUT2D eigenvalue weighted by Gasteiger charge is -2.06. The van der Waals surface area contributed by atoms with Crippen LogP contribution in [0.25, 0.3) is 5.69 Å². The summed E-state index contributed by atoms with van der Waals surface area (Å²) in [7, 11) is 0. The number of para-hydroxylation sites is 1. The summed E-state index contributed by atoms with van der Waals surface area (Å²) in [5.74, 6) is -1.80. The average molecular weight is 309 g/mol. The van der Waals surface area contributed by atoms with Crippen LogP contribution in [0.2, 0.25) is 0 Å². The molecule has 3 rings (SSSR count). The first-order valence-electron chi connectivity index (χ1n) is 6.70. The van der Waals surface area contributed by atoms with Crippen molar-refractivity contribution >= 4 is 11.8 Å². The van der Waals surface area contributed by atoms with Crippen molar-refractivity contribution in [1.29, 1.82) is 0 Å². The zero-order valence-corrected chi connectivity index (χ0v) is 11.8. The van der Waals surface area contributed by atoms with Crippen molar-refractivity contribution in [2.75, 3.05) is 0 Å². The van der Waals surface area contributed by atoms with E-state index in [0.717, 1.165) is 10.9 Å². The second-order valence-electron chi connectivity index (χ2n) is 4.71. The summed E-state index contributed by atoms with van der Waals surface area (Å²) in [5, 5.41) is 24.7. The number of hydrogen-bond acceptors (Lipinski definition) is 4. The molecule has 0 bridgehead atoms. The molecule has 1 N–H and O–H groups in total. The number of benzene rings is 2. The van der Waals surface area contributed by atoms with Crippen LogP contribution in [0.3, 0.4) is 0 Å². The first-order chi connectivity index (χ1) is 11.1. The predicted molar refractivity (Wildman–Crippen MR) is 79.4 cm³/mol. The summed E-state index contributed by atoms with van der Waals surface area (Å²) in [4.78, 5) is 24.3. The van der Waals surface area contributed by atoms with Gasteiger partial charge in [0.25, 0.3) is 0 Å². The monoisotopic (exact) mass is 309 g/mol. The summed E-state index contributed by atoms with van der Waals surface area (Å²) >= 11 is 0. The Morgan fingerprint density at radius 3 is 2.26 bits per heavy atom. The molecule has 3 aromatic rings. The largest absolute Gasteiger partial charge is 0.571 e. The molecule has 0 fully saturated rings. The lowest BCUT2D eigenvalue weighted by atomic mass is 10.0. The number of hydrogen-bond donors (Lipinski definition) is 1. The first-order valence-corrected chi connectivity index (χ1v) is 6.70. The fraction of sp³-hybridized carbons (Fsp3) is 0. The number of carbonyl (C=O) groups excluding carboxylic acids is 1. The highest BCUT2D eigenvalue weighted by atomic mass is 16.5. The van der Waals surface area contributed by atoms with Crippen LogP contribution in [-0.4, -0.2) is 26.6 Å². The third kappa shape index (κ3) is 2.55. The summed E-state index contributed by atoms with van der Waals surface area (Å²) in [6, 6.07) is 14.3. The molecule has 0 spiro atoms. The molecule has 7 heteroatoms. The number of carboxylic acid groups (broad SMARTS) is 1. The van der Waals surface area contributed by atoms with Crippen molar-refractivity contribution in [2.45, 2.75) is 0 Å². The van der Waals surface area contributed by atoms with Gasteiger partial charge in [0.15, 0.2) is 5.69 Å². The standard InChI is InChI=1S/C16H11N3O4/c20-15(12-8-4-5-9-13(12)16(21)22)14-10-17-19(23)18(14)11-6-2-1-3-7-11/h1-10H,(H,21,22). The molecule has 0 radical (unpaired) electrons. The van der Waals surface area contributed by atoms with E-state index >= 15 is 0 Å². The minimum Gasteiger partial charge on any atom is -0.571 e. The summed E-state index contributed by atoms with van der Waals surface area (Å²) in [6.07, 6.45) is 1.13. The van der Waals surface area contributed by atoms with Crippen molar-refractivity contribution in [3.8, 4) is 5.69 Å². The zero-order chi connectivity index (χ0) is 16.4. The van der Waals surface area contributed by atoms with Gasteiger partial charge in [-0.25, -0.2) is 4.79 Å². The van der Waals surface area contributed by atoms with Gasteiger partial charge in [0.1, 0.15) is 11.9 Å². The number of aromatic carboxylic acids is 1. The van der Waals surface area contributed by atoms with Gasteiger partial charge >= 0.3 is 5.97 Å². The molecule has 0 aliphatic heterocycles. The van der Waals surface area contributed by atoms with Gasteiger partial charge in [-0.05, 0) is 18.2 Å². The van der Waals surface area contributed by atoms with E-state index in [9.17, 15) is 19.9 Å². The fourth-order valence-electron chi connectivity index (χ4n) is 2.27. The van der Waals surface area contributed by atoms with Gasteiger partial charge in [-0.1, -0.05) is 41.1 Å². The van der Waals surface area contributed by atoms with E-state index in [2.05, 4.69) is 5.10 Å². The Kier molecular flexibility index (Phi) is 3.60. The summed E-state index contributed by atoms with van der Waals surface area (Å²) in [6.45, 7) is 0. The van der Waals surface area contributed by atoms with E-state index in [1.165, 1.54) is 18.2 Å². The average Bonchev–Trinajstić information content (AvgIpc) is 2.96. The lowest BCUT2D eigenvalue weighted by molar-refractivity contribution is -0.740. The normalized spacial score (nSPS) is 10.4. The Morgan fingerprint density at radius 2 is 1.61 bits per heavy atom. The number of carbonyl (C=O) groups is 2. The molecule has 1 aromatic heterocycles. The quantitative estimate of drug-likeness (QED) is 0.446. The van der Waals surface area contributed by atoms with Crippen molar-refractivity contribution in [1.82, 2.24) is 9.78 Å². The summed E-state index contributed by atoms with van der Waals surface area (Å²) < 4.78 is 1.08. The minimum atomic E-state index is -1.21. The Balaban J connectivity index is 2.14. The molecule has 0 aliphatic carbocycles. The minimum absolute atomic E-state index is 0.00215. The van der Waals surface area contributed by atoms with Crippen LogP contribution in [0.4, 0.5) is 0 Å². The lowest BCUT2D eigenvalue weighted by Crippen LogP contribution is -2.40.